The first-order valence-corrected chi connectivity index (χ1v) is 13.5. The van der Waals surface area contributed by atoms with E-state index in [1.54, 1.807) is 49.6 Å². The van der Waals surface area contributed by atoms with Gasteiger partial charge < -0.3 is 16.0 Å². The predicted molar refractivity (Wildman–Crippen MR) is 164 cm³/mol. The molecule has 3 aromatic heterocycles. The van der Waals surface area contributed by atoms with Crippen molar-refractivity contribution < 1.29 is 9.59 Å². The predicted octanol–water partition coefficient (Wildman–Crippen LogP) is 6.59. The zero-order valence-corrected chi connectivity index (χ0v) is 23.6. The van der Waals surface area contributed by atoms with Gasteiger partial charge in [0.1, 0.15) is 5.69 Å². The van der Waals surface area contributed by atoms with E-state index in [2.05, 4.69) is 31.0 Å². The van der Waals surface area contributed by atoms with Gasteiger partial charge in [-0.15, -0.1) is 0 Å². The lowest BCUT2D eigenvalue weighted by molar-refractivity contribution is 0.102. The van der Waals surface area contributed by atoms with Gasteiger partial charge in [0.2, 0.25) is 0 Å². The summed E-state index contributed by atoms with van der Waals surface area (Å²) in [5, 5.41) is 12.7. The maximum absolute atomic E-state index is 13.0. The smallest absolute Gasteiger partial charge is 0.321 e. The highest BCUT2D eigenvalue weighted by Crippen LogP contribution is 2.29. The van der Waals surface area contributed by atoms with Crippen molar-refractivity contribution in [2.75, 3.05) is 16.0 Å². The van der Waals surface area contributed by atoms with E-state index in [0.717, 1.165) is 11.1 Å². The normalized spacial score (nSPS) is 10.6. The van der Waals surface area contributed by atoms with Crippen LogP contribution in [0.1, 0.15) is 17.3 Å². The molecular weight excluding hydrogens is 577 g/mol. The molecule has 12 heteroatoms. The molecule has 3 N–H and O–H groups in total. The van der Waals surface area contributed by atoms with Crippen molar-refractivity contribution in [3.8, 4) is 22.4 Å². The number of carbonyl (C=O) groups is 2. The first kappa shape index (κ1) is 28.5. The van der Waals surface area contributed by atoms with Crippen molar-refractivity contribution in [3.63, 3.8) is 0 Å². The Labute approximate surface area is 250 Å². The SMILES string of the molecule is CCn1nc(-c2cccc(-c3cccc(C(=O)Nc4cccnc4)c3)c2)cc(NC(=O)Nc2c(Cl)cncc2Cl)c1=O. The molecule has 0 fully saturated rings. The highest BCUT2D eigenvalue weighted by Gasteiger charge is 2.16. The van der Waals surface area contributed by atoms with E-state index < -0.39 is 11.6 Å². The number of pyridine rings is 2. The standard InChI is InChI=1S/C30H23Cl2N7O3/c1-2-39-29(41)26(36-30(42)37-27-23(31)16-34-17-24(27)32)14-25(38-39)20-8-3-6-18(12-20)19-7-4-9-21(13-19)28(40)35-22-10-5-11-33-15-22/h3-17H,2H2,1H3,(H,35,40)(H2,34,36,37,42). The van der Waals surface area contributed by atoms with E-state index in [1.165, 1.54) is 23.1 Å². The summed E-state index contributed by atoms with van der Waals surface area (Å²) in [6.07, 6.45) is 5.89. The molecule has 2 aromatic carbocycles. The van der Waals surface area contributed by atoms with Crippen molar-refractivity contribution in [1.29, 1.82) is 0 Å². The molecule has 0 spiro atoms. The molecule has 0 radical (unpaired) electrons. The van der Waals surface area contributed by atoms with Gasteiger partial charge in [0.15, 0.2) is 0 Å². The Bertz CT molecular complexity index is 1820. The van der Waals surface area contributed by atoms with E-state index >= 15 is 0 Å². The zero-order valence-electron chi connectivity index (χ0n) is 22.1. The minimum Gasteiger partial charge on any atom is -0.321 e. The Balaban J connectivity index is 1.42. The summed E-state index contributed by atoms with van der Waals surface area (Å²) in [6, 6.07) is 19.0. The van der Waals surface area contributed by atoms with Gasteiger partial charge >= 0.3 is 6.03 Å². The van der Waals surface area contributed by atoms with Crippen LogP contribution in [0.15, 0.2) is 96.3 Å². The van der Waals surface area contributed by atoms with E-state index in [0.29, 0.717) is 22.5 Å². The van der Waals surface area contributed by atoms with Crippen molar-refractivity contribution >= 4 is 52.2 Å². The average molecular weight is 600 g/mol. The van der Waals surface area contributed by atoms with Gasteiger partial charge in [-0.1, -0.05) is 53.5 Å². The Hall–Kier alpha value is -5.06. The van der Waals surface area contributed by atoms with E-state index in [9.17, 15) is 14.4 Å². The van der Waals surface area contributed by atoms with Gasteiger partial charge in [-0.3, -0.25) is 19.6 Å². The van der Waals surface area contributed by atoms with Crippen molar-refractivity contribution in [2.45, 2.75) is 13.5 Å². The summed E-state index contributed by atoms with van der Waals surface area (Å²) in [5.74, 6) is -0.263. The van der Waals surface area contributed by atoms with E-state index in [4.69, 9.17) is 23.2 Å². The van der Waals surface area contributed by atoms with Gasteiger partial charge in [-0.2, -0.15) is 5.10 Å². The number of anilines is 3. The van der Waals surface area contributed by atoms with E-state index in [1.807, 2.05) is 30.3 Å². The van der Waals surface area contributed by atoms with Crippen LogP contribution in [-0.4, -0.2) is 31.7 Å². The summed E-state index contributed by atoms with van der Waals surface area (Å²) in [7, 11) is 0. The summed E-state index contributed by atoms with van der Waals surface area (Å²) in [6.45, 7) is 2.05. The van der Waals surface area contributed by atoms with Crippen LogP contribution >= 0.6 is 23.2 Å². The number of hydrogen-bond acceptors (Lipinski definition) is 6. The Morgan fingerprint density at radius 2 is 1.52 bits per heavy atom. The Kier molecular flexibility index (Phi) is 8.56. The molecule has 0 saturated carbocycles. The molecule has 0 bridgehead atoms. The molecule has 0 atom stereocenters. The highest BCUT2D eigenvalue weighted by molar-refractivity contribution is 6.39. The second-order valence-corrected chi connectivity index (χ2v) is 9.79. The largest absolute Gasteiger partial charge is 0.323 e. The summed E-state index contributed by atoms with van der Waals surface area (Å²) < 4.78 is 1.26. The second kappa shape index (κ2) is 12.6. The fraction of sp³-hybridized carbons (Fsp3) is 0.0667. The first-order valence-electron chi connectivity index (χ1n) is 12.7. The molecule has 210 valence electrons. The fourth-order valence-electron chi connectivity index (χ4n) is 4.12. The maximum Gasteiger partial charge on any atom is 0.323 e. The van der Waals surface area contributed by atoms with Crippen LogP contribution < -0.4 is 21.5 Å². The Morgan fingerprint density at radius 1 is 0.810 bits per heavy atom. The van der Waals surface area contributed by atoms with Crippen LogP contribution in [0.4, 0.5) is 21.9 Å². The maximum atomic E-state index is 13.0. The minimum absolute atomic E-state index is 0.0140. The van der Waals surface area contributed by atoms with Gasteiger partial charge in [0.05, 0.1) is 33.3 Å². The van der Waals surface area contributed by atoms with Crippen LogP contribution in [0.5, 0.6) is 0 Å². The summed E-state index contributed by atoms with van der Waals surface area (Å²) >= 11 is 12.2. The molecule has 3 heterocycles. The van der Waals surface area contributed by atoms with Crippen molar-refractivity contribution in [3.05, 3.63) is 117 Å². The van der Waals surface area contributed by atoms with Crippen molar-refractivity contribution in [1.82, 2.24) is 19.7 Å². The van der Waals surface area contributed by atoms with Crippen LogP contribution in [0.25, 0.3) is 22.4 Å². The highest BCUT2D eigenvalue weighted by atomic mass is 35.5. The number of halogens is 2. The molecule has 0 aliphatic rings. The number of urea groups is 1. The number of nitrogens with one attached hydrogen (secondary N) is 3. The number of amides is 3. The third-order valence-electron chi connectivity index (χ3n) is 6.15. The Morgan fingerprint density at radius 3 is 2.24 bits per heavy atom. The molecule has 10 nitrogen and oxygen atoms in total. The average Bonchev–Trinajstić information content (AvgIpc) is 3.00. The summed E-state index contributed by atoms with van der Waals surface area (Å²) in [4.78, 5) is 46.4. The lowest BCUT2D eigenvalue weighted by Crippen LogP contribution is -2.29. The summed E-state index contributed by atoms with van der Waals surface area (Å²) in [5.41, 5.74) is 3.56. The molecule has 0 unspecified atom stereocenters. The number of hydrogen-bond donors (Lipinski definition) is 3. The lowest BCUT2D eigenvalue weighted by atomic mass is 9.99. The number of benzene rings is 2. The molecule has 3 amide bonds. The van der Waals surface area contributed by atoms with Crippen LogP contribution in [0, 0.1) is 0 Å². The molecular formula is C30H23Cl2N7O3. The van der Waals surface area contributed by atoms with Gasteiger partial charge in [-0.25, -0.2) is 9.48 Å². The van der Waals surface area contributed by atoms with Gasteiger partial charge in [0.25, 0.3) is 11.5 Å². The lowest BCUT2D eigenvalue weighted by Gasteiger charge is -2.13. The van der Waals surface area contributed by atoms with Gasteiger partial charge in [0, 0.05) is 36.3 Å². The minimum atomic E-state index is -0.711. The number of aryl methyl sites for hydroxylation is 1. The number of rotatable bonds is 7. The van der Waals surface area contributed by atoms with Crippen molar-refractivity contribution in [2.24, 2.45) is 0 Å². The molecule has 0 aliphatic carbocycles. The number of nitrogens with zero attached hydrogens (tertiary/aromatic N) is 4. The van der Waals surface area contributed by atoms with Gasteiger partial charge in [-0.05, 0) is 54.4 Å². The number of aromatic nitrogens is 4. The molecule has 0 saturated heterocycles. The molecule has 0 aliphatic heterocycles. The zero-order chi connectivity index (χ0) is 29.6. The van der Waals surface area contributed by atoms with Crippen LogP contribution in [-0.2, 0) is 6.54 Å². The topological polar surface area (TPSA) is 131 Å². The molecule has 42 heavy (non-hydrogen) atoms. The second-order valence-electron chi connectivity index (χ2n) is 8.98. The quantitative estimate of drug-likeness (QED) is 0.193. The monoisotopic (exact) mass is 599 g/mol. The first-order chi connectivity index (χ1) is 20.3. The van der Waals surface area contributed by atoms with E-state index in [-0.39, 0.29) is 33.9 Å². The molecule has 5 aromatic rings. The third-order valence-corrected chi connectivity index (χ3v) is 6.72. The molecule has 5 rings (SSSR count). The fourth-order valence-corrected chi connectivity index (χ4v) is 4.58. The van der Waals surface area contributed by atoms with Crippen LogP contribution in [0.2, 0.25) is 10.0 Å². The van der Waals surface area contributed by atoms with Crippen LogP contribution in [0.3, 0.4) is 0 Å². The third kappa shape index (κ3) is 6.46. The number of carbonyl (C=O) groups excluding carboxylic acids is 2.